The molecule has 1 saturated heterocycles. The molecule has 1 fully saturated rings. The molecule has 1 aliphatic heterocycles. The summed E-state index contributed by atoms with van der Waals surface area (Å²) in [5, 5.41) is 2.93. The lowest BCUT2D eigenvalue weighted by Gasteiger charge is -2.27. The molecule has 4 rings (SSSR count). The molecule has 6 heteroatoms. The normalized spacial score (nSPS) is 15.9. The Morgan fingerprint density at radius 2 is 1.79 bits per heavy atom. The highest BCUT2D eigenvalue weighted by atomic mass is 35.5. The molecule has 0 N–H and O–H groups in total. The number of benzene rings is 2. The van der Waals surface area contributed by atoms with Crippen LogP contribution in [-0.2, 0) is 11.3 Å². The van der Waals surface area contributed by atoms with Gasteiger partial charge < -0.3 is 9.30 Å². The van der Waals surface area contributed by atoms with Gasteiger partial charge in [0.25, 0.3) is 0 Å². The van der Waals surface area contributed by atoms with Crippen LogP contribution >= 0.6 is 22.9 Å². The van der Waals surface area contributed by atoms with Gasteiger partial charge in [-0.3, -0.25) is 4.90 Å². The van der Waals surface area contributed by atoms with E-state index in [-0.39, 0.29) is 0 Å². The van der Waals surface area contributed by atoms with Crippen molar-refractivity contribution < 1.29 is 4.74 Å². The Morgan fingerprint density at radius 1 is 1.04 bits per heavy atom. The molecule has 0 bridgehead atoms. The second kappa shape index (κ2) is 9.05. The largest absolute Gasteiger partial charge is 0.379 e. The zero-order chi connectivity index (χ0) is 19.3. The third-order valence-electron chi connectivity index (χ3n) is 4.95. The summed E-state index contributed by atoms with van der Waals surface area (Å²) in [4.78, 5) is 8.35. The minimum atomic E-state index is 0.766. The predicted octanol–water partition coefficient (Wildman–Crippen LogP) is 4.74. The van der Waals surface area contributed by atoms with E-state index in [1.807, 2.05) is 18.2 Å². The van der Waals surface area contributed by atoms with Crippen LogP contribution in [0.3, 0.4) is 0 Å². The SMILES string of the molecule is Cc1ccc(N=c2scc(-c3ccccc3Cl)n2CCN2CCOCC2)cc1. The number of halogens is 1. The monoisotopic (exact) mass is 413 g/mol. The van der Waals surface area contributed by atoms with Crippen LogP contribution in [-0.4, -0.2) is 42.3 Å². The highest BCUT2D eigenvalue weighted by molar-refractivity contribution is 7.07. The molecule has 0 saturated carbocycles. The van der Waals surface area contributed by atoms with Gasteiger partial charge in [0.2, 0.25) is 0 Å². The predicted molar refractivity (Wildman–Crippen MR) is 116 cm³/mol. The van der Waals surface area contributed by atoms with Gasteiger partial charge in [-0.25, -0.2) is 4.99 Å². The van der Waals surface area contributed by atoms with Crippen LogP contribution in [0.15, 0.2) is 58.9 Å². The van der Waals surface area contributed by atoms with Crippen LogP contribution in [0.5, 0.6) is 0 Å². The lowest BCUT2D eigenvalue weighted by Crippen LogP contribution is -2.39. The van der Waals surface area contributed by atoms with Gasteiger partial charge in [-0.1, -0.05) is 47.5 Å². The number of aromatic nitrogens is 1. The number of hydrogen-bond acceptors (Lipinski definition) is 4. The molecule has 1 aliphatic rings. The summed E-state index contributed by atoms with van der Waals surface area (Å²) in [6.45, 7) is 7.52. The zero-order valence-electron chi connectivity index (χ0n) is 16.0. The van der Waals surface area contributed by atoms with Crippen LogP contribution in [0.25, 0.3) is 11.3 Å². The number of aryl methyl sites for hydroxylation is 1. The Bertz CT molecular complexity index is 988. The van der Waals surface area contributed by atoms with Crippen molar-refractivity contribution in [3.8, 4) is 11.3 Å². The van der Waals surface area contributed by atoms with E-state index in [1.54, 1.807) is 11.3 Å². The third kappa shape index (κ3) is 4.55. The number of hydrogen-bond donors (Lipinski definition) is 0. The standard InChI is InChI=1S/C22H24ClN3OS/c1-17-6-8-18(9-7-17)24-22-26(11-10-25-12-14-27-15-13-25)21(16-28-22)19-4-2-3-5-20(19)23/h2-9,16H,10-15H2,1H3. The smallest absolute Gasteiger partial charge is 0.190 e. The van der Waals surface area contributed by atoms with E-state index >= 15 is 0 Å². The quantitative estimate of drug-likeness (QED) is 0.604. The van der Waals surface area contributed by atoms with Crippen LogP contribution in [0.1, 0.15) is 5.56 Å². The average Bonchev–Trinajstić information content (AvgIpc) is 3.11. The molecular weight excluding hydrogens is 390 g/mol. The second-order valence-corrected chi connectivity index (χ2v) is 8.18. The van der Waals surface area contributed by atoms with E-state index in [0.29, 0.717) is 0 Å². The number of rotatable bonds is 5. The fourth-order valence-electron chi connectivity index (χ4n) is 3.32. The Balaban J connectivity index is 1.71. The van der Waals surface area contributed by atoms with Crippen molar-refractivity contribution in [2.45, 2.75) is 13.5 Å². The van der Waals surface area contributed by atoms with Gasteiger partial charge >= 0.3 is 0 Å². The Morgan fingerprint density at radius 3 is 2.54 bits per heavy atom. The van der Waals surface area contributed by atoms with Gasteiger partial charge in [0.05, 0.1) is 24.6 Å². The van der Waals surface area contributed by atoms with Gasteiger partial charge in [0.15, 0.2) is 4.80 Å². The summed E-state index contributed by atoms with van der Waals surface area (Å²) in [5.41, 5.74) is 4.38. The molecule has 1 aromatic heterocycles. The van der Waals surface area contributed by atoms with Crippen LogP contribution in [0, 0.1) is 6.92 Å². The summed E-state index contributed by atoms with van der Waals surface area (Å²) in [6.07, 6.45) is 0. The fourth-order valence-corrected chi connectivity index (χ4v) is 4.49. The summed E-state index contributed by atoms with van der Waals surface area (Å²) in [5.74, 6) is 0. The van der Waals surface area contributed by atoms with Crippen molar-refractivity contribution >= 4 is 28.6 Å². The van der Waals surface area contributed by atoms with Crippen molar-refractivity contribution in [1.82, 2.24) is 9.47 Å². The molecule has 0 radical (unpaired) electrons. The molecule has 146 valence electrons. The molecule has 0 unspecified atom stereocenters. The maximum absolute atomic E-state index is 6.50. The van der Waals surface area contributed by atoms with E-state index in [0.717, 1.165) is 66.2 Å². The minimum Gasteiger partial charge on any atom is -0.379 e. The van der Waals surface area contributed by atoms with Crippen LogP contribution in [0.2, 0.25) is 5.02 Å². The van der Waals surface area contributed by atoms with Gasteiger partial charge in [0.1, 0.15) is 0 Å². The van der Waals surface area contributed by atoms with Crippen LogP contribution < -0.4 is 4.80 Å². The molecule has 0 spiro atoms. The van der Waals surface area contributed by atoms with Crippen molar-refractivity contribution in [3.63, 3.8) is 0 Å². The van der Waals surface area contributed by atoms with E-state index < -0.39 is 0 Å². The maximum atomic E-state index is 6.50. The number of nitrogens with zero attached hydrogens (tertiary/aromatic N) is 3. The van der Waals surface area contributed by atoms with Gasteiger partial charge in [0, 0.05) is 42.1 Å². The first-order chi connectivity index (χ1) is 13.7. The Kier molecular flexibility index (Phi) is 6.27. The lowest BCUT2D eigenvalue weighted by molar-refractivity contribution is 0.0363. The highest BCUT2D eigenvalue weighted by Gasteiger charge is 2.14. The number of thiazole rings is 1. The Labute approximate surface area is 174 Å². The molecule has 3 aromatic rings. The number of ether oxygens (including phenoxy) is 1. The van der Waals surface area contributed by atoms with Crippen molar-refractivity contribution in [1.29, 1.82) is 0 Å². The molecule has 2 heterocycles. The molecule has 2 aromatic carbocycles. The summed E-state index contributed by atoms with van der Waals surface area (Å²) in [7, 11) is 0. The lowest BCUT2D eigenvalue weighted by atomic mass is 10.2. The first-order valence-corrected chi connectivity index (χ1v) is 10.8. The fraction of sp³-hybridized carbons (Fsp3) is 0.318. The Hall–Kier alpha value is -1.92. The molecular formula is C22H24ClN3OS. The second-order valence-electron chi connectivity index (χ2n) is 6.94. The molecule has 0 atom stereocenters. The van der Waals surface area contributed by atoms with Crippen LogP contribution in [0.4, 0.5) is 5.69 Å². The molecule has 0 aliphatic carbocycles. The average molecular weight is 414 g/mol. The minimum absolute atomic E-state index is 0.766. The van der Waals surface area contributed by atoms with Crippen molar-refractivity contribution in [2.24, 2.45) is 4.99 Å². The molecule has 4 nitrogen and oxygen atoms in total. The van der Waals surface area contributed by atoms with E-state index in [2.05, 4.69) is 52.1 Å². The van der Waals surface area contributed by atoms with Gasteiger partial charge in [-0.05, 0) is 25.1 Å². The van der Waals surface area contributed by atoms with E-state index in [1.165, 1.54) is 5.56 Å². The van der Waals surface area contributed by atoms with Crippen molar-refractivity contribution in [3.05, 3.63) is 69.3 Å². The van der Waals surface area contributed by atoms with Gasteiger partial charge in [-0.15, -0.1) is 11.3 Å². The van der Waals surface area contributed by atoms with E-state index in [4.69, 9.17) is 21.3 Å². The number of morpholine rings is 1. The van der Waals surface area contributed by atoms with E-state index in [9.17, 15) is 0 Å². The first-order valence-electron chi connectivity index (χ1n) is 9.55. The summed E-state index contributed by atoms with van der Waals surface area (Å²) in [6, 6.07) is 16.3. The maximum Gasteiger partial charge on any atom is 0.190 e. The topological polar surface area (TPSA) is 29.8 Å². The summed E-state index contributed by atoms with van der Waals surface area (Å²) < 4.78 is 7.77. The summed E-state index contributed by atoms with van der Waals surface area (Å²) >= 11 is 8.16. The van der Waals surface area contributed by atoms with Gasteiger partial charge in [-0.2, -0.15) is 0 Å². The third-order valence-corrected chi connectivity index (χ3v) is 6.14. The highest BCUT2D eigenvalue weighted by Crippen LogP contribution is 2.28. The molecule has 28 heavy (non-hydrogen) atoms. The zero-order valence-corrected chi connectivity index (χ0v) is 17.5. The molecule has 0 amide bonds. The van der Waals surface area contributed by atoms with Crippen molar-refractivity contribution in [2.75, 3.05) is 32.8 Å². The first kappa shape index (κ1) is 19.4.